The average Bonchev–Trinajstić information content (AvgIpc) is 3.41. The Hall–Kier alpha value is -3.63. The van der Waals surface area contributed by atoms with Gasteiger partial charge in [-0.1, -0.05) is 54.2 Å². The number of halogens is 1. The number of rotatable bonds is 10. The molecule has 1 saturated heterocycles. The normalized spacial score (nSPS) is 15.1. The second-order valence-corrected chi connectivity index (χ2v) is 12.1. The van der Waals surface area contributed by atoms with Crippen LogP contribution in [0.1, 0.15) is 41.5 Å². The number of piperazine rings is 1. The highest BCUT2D eigenvalue weighted by Crippen LogP contribution is 2.26. The fraction of sp³-hybridized carbons (Fsp3) is 0.312. The second-order valence-electron chi connectivity index (χ2n) is 10.2. The van der Waals surface area contributed by atoms with Crippen LogP contribution in [-0.4, -0.2) is 74.9 Å². The van der Waals surface area contributed by atoms with E-state index < -0.39 is 0 Å². The third kappa shape index (κ3) is 7.04. The summed E-state index contributed by atoms with van der Waals surface area (Å²) in [6.07, 6.45) is 1.83. The van der Waals surface area contributed by atoms with Crippen LogP contribution in [0.3, 0.4) is 0 Å². The number of ether oxygens (including phenoxy) is 1. The van der Waals surface area contributed by atoms with Gasteiger partial charge < -0.3 is 14.5 Å². The first-order valence-electron chi connectivity index (χ1n) is 14.0. The molecule has 218 valence electrons. The van der Waals surface area contributed by atoms with Crippen molar-refractivity contribution in [3.63, 3.8) is 0 Å². The Bertz CT molecular complexity index is 1510. The molecule has 1 atom stereocenters. The third-order valence-electron chi connectivity index (χ3n) is 7.35. The molecule has 1 unspecified atom stereocenters. The Morgan fingerprint density at radius 2 is 1.71 bits per heavy atom. The Morgan fingerprint density at radius 3 is 2.43 bits per heavy atom. The zero-order chi connectivity index (χ0) is 29.5. The van der Waals surface area contributed by atoms with Crippen LogP contribution < -0.4 is 4.74 Å². The van der Waals surface area contributed by atoms with Crippen molar-refractivity contribution in [2.75, 3.05) is 32.5 Å². The molecule has 3 aromatic carbocycles. The summed E-state index contributed by atoms with van der Waals surface area (Å²) in [5.74, 6) is 2.50. The Labute approximate surface area is 259 Å². The number of methoxy groups -OCH3 is 1. The predicted molar refractivity (Wildman–Crippen MR) is 168 cm³/mol. The first-order chi connectivity index (χ1) is 20.4. The molecule has 0 spiro atoms. The van der Waals surface area contributed by atoms with Crippen LogP contribution >= 0.6 is 27.7 Å². The summed E-state index contributed by atoms with van der Waals surface area (Å²) < 4.78 is 8.21. The molecule has 10 heteroatoms. The number of thioether (sulfide) groups is 1. The van der Waals surface area contributed by atoms with Crippen LogP contribution in [0.25, 0.3) is 5.69 Å². The molecule has 1 aliphatic heterocycles. The van der Waals surface area contributed by atoms with E-state index in [0.29, 0.717) is 38.0 Å². The fourth-order valence-corrected chi connectivity index (χ4v) is 6.46. The second kappa shape index (κ2) is 14.0. The molecule has 2 amide bonds. The quantitative estimate of drug-likeness (QED) is 0.158. The van der Waals surface area contributed by atoms with Crippen molar-refractivity contribution in [2.24, 2.45) is 0 Å². The van der Waals surface area contributed by atoms with Gasteiger partial charge in [0, 0.05) is 54.4 Å². The standard InChI is InChI=1S/C32H34BrN5O3S/c1-23-22-36(18-19-37(23)31(40)27-11-6-7-12-28(27)33)30(39)13-8-20-42-32-35-34-29(21-24-9-4-3-5-10-24)38(32)25-14-16-26(41-2)17-15-25/h3-7,9-12,14-17,23H,8,13,18-22H2,1-2H3. The maximum atomic E-state index is 13.1. The van der Waals surface area contributed by atoms with Gasteiger partial charge in [0.1, 0.15) is 11.6 Å². The highest BCUT2D eigenvalue weighted by atomic mass is 79.9. The number of carbonyl (C=O) groups is 2. The lowest BCUT2D eigenvalue weighted by atomic mass is 10.1. The van der Waals surface area contributed by atoms with Gasteiger partial charge in [-0.15, -0.1) is 10.2 Å². The van der Waals surface area contributed by atoms with Crippen LogP contribution in [0.15, 0.2) is 88.5 Å². The van der Waals surface area contributed by atoms with Crippen molar-refractivity contribution >= 4 is 39.5 Å². The number of hydrogen-bond donors (Lipinski definition) is 0. The molecular formula is C32H34BrN5O3S. The maximum Gasteiger partial charge on any atom is 0.255 e. The van der Waals surface area contributed by atoms with E-state index in [-0.39, 0.29) is 17.9 Å². The minimum Gasteiger partial charge on any atom is -0.497 e. The van der Waals surface area contributed by atoms with Crippen LogP contribution in [0.4, 0.5) is 0 Å². The summed E-state index contributed by atoms with van der Waals surface area (Å²) in [5, 5.41) is 9.83. The number of aromatic nitrogens is 3. The molecule has 0 radical (unpaired) electrons. The molecule has 0 bridgehead atoms. The Kier molecular flexibility index (Phi) is 9.97. The Morgan fingerprint density at radius 1 is 0.976 bits per heavy atom. The zero-order valence-electron chi connectivity index (χ0n) is 23.8. The third-order valence-corrected chi connectivity index (χ3v) is 9.05. The summed E-state index contributed by atoms with van der Waals surface area (Å²) in [4.78, 5) is 29.9. The lowest BCUT2D eigenvalue weighted by Gasteiger charge is -2.40. The van der Waals surface area contributed by atoms with Crippen molar-refractivity contribution in [3.8, 4) is 11.4 Å². The molecule has 1 aromatic heterocycles. The molecule has 5 rings (SSSR count). The van der Waals surface area contributed by atoms with Crippen molar-refractivity contribution in [1.82, 2.24) is 24.6 Å². The molecule has 2 heterocycles. The van der Waals surface area contributed by atoms with E-state index >= 15 is 0 Å². The van der Waals surface area contributed by atoms with Gasteiger partial charge in [-0.25, -0.2) is 0 Å². The minimum atomic E-state index is -0.0530. The van der Waals surface area contributed by atoms with Gasteiger partial charge in [-0.05, 0) is 71.2 Å². The summed E-state index contributed by atoms with van der Waals surface area (Å²) in [6.45, 7) is 3.61. The first kappa shape index (κ1) is 29.8. The highest BCUT2D eigenvalue weighted by molar-refractivity contribution is 9.10. The van der Waals surface area contributed by atoms with Crippen LogP contribution in [0.2, 0.25) is 0 Å². The van der Waals surface area contributed by atoms with Gasteiger partial charge >= 0.3 is 0 Å². The number of benzene rings is 3. The molecule has 1 fully saturated rings. The van der Waals surface area contributed by atoms with Gasteiger partial charge in [-0.2, -0.15) is 0 Å². The smallest absolute Gasteiger partial charge is 0.255 e. The topological polar surface area (TPSA) is 80.6 Å². The lowest BCUT2D eigenvalue weighted by molar-refractivity contribution is -0.133. The summed E-state index contributed by atoms with van der Waals surface area (Å²) in [7, 11) is 1.65. The fourth-order valence-electron chi connectivity index (χ4n) is 5.10. The molecule has 0 N–H and O–H groups in total. The molecule has 4 aromatic rings. The molecule has 0 aliphatic carbocycles. The van der Waals surface area contributed by atoms with Gasteiger partial charge in [0.05, 0.1) is 12.7 Å². The Balaban J connectivity index is 1.17. The summed E-state index contributed by atoms with van der Waals surface area (Å²) in [6, 6.07) is 25.5. The van der Waals surface area contributed by atoms with Gasteiger partial charge in [0.2, 0.25) is 5.91 Å². The zero-order valence-corrected chi connectivity index (χ0v) is 26.2. The first-order valence-corrected chi connectivity index (χ1v) is 15.8. The largest absolute Gasteiger partial charge is 0.497 e. The monoisotopic (exact) mass is 647 g/mol. The molecule has 8 nitrogen and oxygen atoms in total. The van der Waals surface area contributed by atoms with E-state index in [4.69, 9.17) is 4.74 Å². The highest BCUT2D eigenvalue weighted by Gasteiger charge is 2.30. The van der Waals surface area contributed by atoms with E-state index in [1.807, 2.05) is 83.5 Å². The van der Waals surface area contributed by atoms with E-state index in [1.54, 1.807) is 18.9 Å². The van der Waals surface area contributed by atoms with E-state index in [0.717, 1.165) is 44.6 Å². The van der Waals surface area contributed by atoms with Crippen molar-refractivity contribution < 1.29 is 14.3 Å². The number of carbonyl (C=O) groups excluding carboxylic acids is 2. The van der Waals surface area contributed by atoms with Crippen LogP contribution in [0.5, 0.6) is 5.75 Å². The van der Waals surface area contributed by atoms with Gasteiger partial charge in [-0.3, -0.25) is 14.2 Å². The summed E-state index contributed by atoms with van der Waals surface area (Å²) >= 11 is 5.09. The SMILES string of the molecule is COc1ccc(-n2c(Cc3ccccc3)nnc2SCCCC(=O)N2CCN(C(=O)c3ccccc3Br)C(C)C2)cc1. The molecular weight excluding hydrogens is 614 g/mol. The lowest BCUT2D eigenvalue weighted by Crippen LogP contribution is -2.55. The molecule has 42 heavy (non-hydrogen) atoms. The van der Waals surface area contributed by atoms with Crippen LogP contribution in [0, 0.1) is 0 Å². The molecule has 0 saturated carbocycles. The molecule has 1 aliphatic rings. The van der Waals surface area contributed by atoms with Crippen LogP contribution in [-0.2, 0) is 11.2 Å². The van der Waals surface area contributed by atoms with Crippen molar-refractivity contribution in [3.05, 3.63) is 100 Å². The number of amides is 2. The maximum absolute atomic E-state index is 13.1. The summed E-state index contributed by atoms with van der Waals surface area (Å²) in [5.41, 5.74) is 2.78. The number of hydrogen-bond acceptors (Lipinski definition) is 6. The predicted octanol–water partition coefficient (Wildman–Crippen LogP) is 5.87. The van der Waals surface area contributed by atoms with E-state index in [9.17, 15) is 9.59 Å². The van der Waals surface area contributed by atoms with Crippen molar-refractivity contribution in [1.29, 1.82) is 0 Å². The minimum absolute atomic E-state index is 0.00826. The van der Waals surface area contributed by atoms with E-state index in [2.05, 4.69) is 42.8 Å². The number of nitrogens with zero attached hydrogens (tertiary/aromatic N) is 5. The van der Waals surface area contributed by atoms with Gasteiger partial charge in [0.25, 0.3) is 5.91 Å². The van der Waals surface area contributed by atoms with Gasteiger partial charge in [0.15, 0.2) is 5.16 Å². The van der Waals surface area contributed by atoms with E-state index in [1.165, 1.54) is 0 Å². The van der Waals surface area contributed by atoms with Crippen molar-refractivity contribution in [2.45, 2.75) is 37.4 Å². The average molecular weight is 649 g/mol.